The molecule has 1 aliphatic rings. The molecule has 2 aromatic rings. The molecular weight excluding hydrogens is 256 g/mol. The van der Waals surface area contributed by atoms with Gasteiger partial charge in [0.1, 0.15) is 5.58 Å². The summed E-state index contributed by atoms with van der Waals surface area (Å²) in [6.07, 6.45) is 0. The molecule has 0 spiro atoms. The van der Waals surface area contributed by atoms with Gasteiger partial charge in [-0.3, -0.25) is 9.69 Å². The second-order valence-electron chi connectivity index (χ2n) is 5.01. The summed E-state index contributed by atoms with van der Waals surface area (Å²) in [6.45, 7) is 3.79. The maximum Gasteiger partial charge on any atom is 0.289 e. The first-order valence-corrected chi connectivity index (χ1v) is 6.89. The lowest BCUT2D eigenvalue weighted by molar-refractivity contribution is 0.0587. The molecule has 20 heavy (non-hydrogen) atoms. The van der Waals surface area contributed by atoms with Gasteiger partial charge in [0.25, 0.3) is 5.91 Å². The van der Waals surface area contributed by atoms with Crippen LogP contribution in [0.1, 0.15) is 10.6 Å². The van der Waals surface area contributed by atoms with Crippen molar-refractivity contribution in [2.75, 3.05) is 39.3 Å². The van der Waals surface area contributed by atoms with Crippen molar-refractivity contribution in [1.29, 1.82) is 0 Å². The average molecular weight is 274 g/mol. The molecule has 3 rings (SSSR count). The van der Waals surface area contributed by atoms with Crippen LogP contribution < -0.4 is 0 Å². The SMILES string of the molecule is O=C(c1cc2ccccc2o1)N1CCN(CCO)CC1. The summed E-state index contributed by atoms with van der Waals surface area (Å²) in [5, 5.41) is 9.87. The number of para-hydroxylation sites is 1. The Hall–Kier alpha value is -1.85. The number of aliphatic hydroxyl groups is 1. The van der Waals surface area contributed by atoms with Gasteiger partial charge in [0.15, 0.2) is 5.76 Å². The normalized spacial score (nSPS) is 16.8. The largest absolute Gasteiger partial charge is 0.451 e. The highest BCUT2D eigenvalue weighted by Crippen LogP contribution is 2.20. The number of hydrogen-bond donors (Lipinski definition) is 1. The Morgan fingerprint density at radius 2 is 1.95 bits per heavy atom. The summed E-state index contributed by atoms with van der Waals surface area (Å²) in [5.41, 5.74) is 0.745. The van der Waals surface area contributed by atoms with Gasteiger partial charge in [-0.1, -0.05) is 18.2 Å². The van der Waals surface area contributed by atoms with Crippen molar-refractivity contribution in [3.63, 3.8) is 0 Å². The lowest BCUT2D eigenvalue weighted by Crippen LogP contribution is -2.49. The van der Waals surface area contributed by atoms with Crippen LogP contribution in [0.2, 0.25) is 0 Å². The number of carbonyl (C=O) groups excluding carboxylic acids is 1. The number of carbonyl (C=O) groups is 1. The summed E-state index contributed by atoms with van der Waals surface area (Å²) in [5.74, 6) is 0.353. The highest BCUT2D eigenvalue weighted by molar-refractivity contribution is 5.96. The molecule has 106 valence electrons. The van der Waals surface area contributed by atoms with E-state index in [0.29, 0.717) is 25.4 Å². The number of furan rings is 1. The van der Waals surface area contributed by atoms with Crippen molar-refractivity contribution in [2.24, 2.45) is 0 Å². The van der Waals surface area contributed by atoms with E-state index in [4.69, 9.17) is 9.52 Å². The molecule has 1 saturated heterocycles. The van der Waals surface area contributed by atoms with Crippen LogP contribution in [0.5, 0.6) is 0 Å². The third kappa shape index (κ3) is 2.55. The number of nitrogens with zero attached hydrogens (tertiary/aromatic N) is 2. The van der Waals surface area contributed by atoms with E-state index >= 15 is 0 Å². The minimum Gasteiger partial charge on any atom is -0.451 e. The second-order valence-corrected chi connectivity index (χ2v) is 5.01. The predicted octanol–water partition coefficient (Wildman–Crippen LogP) is 1.18. The average Bonchev–Trinajstić information content (AvgIpc) is 2.91. The van der Waals surface area contributed by atoms with Crippen molar-refractivity contribution >= 4 is 16.9 Å². The van der Waals surface area contributed by atoms with Crippen molar-refractivity contribution < 1.29 is 14.3 Å². The molecule has 1 amide bonds. The Balaban J connectivity index is 1.70. The number of rotatable bonds is 3. The Morgan fingerprint density at radius 3 is 2.65 bits per heavy atom. The molecule has 0 bridgehead atoms. The molecule has 0 radical (unpaired) electrons. The fraction of sp³-hybridized carbons (Fsp3) is 0.400. The third-order valence-electron chi connectivity index (χ3n) is 3.71. The first-order valence-electron chi connectivity index (χ1n) is 6.89. The summed E-state index contributed by atoms with van der Waals surface area (Å²) < 4.78 is 5.61. The highest BCUT2D eigenvalue weighted by Gasteiger charge is 2.24. The first-order chi connectivity index (χ1) is 9.78. The van der Waals surface area contributed by atoms with Gasteiger partial charge in [-0.25, -0.2) is 0 Å². The van der Waals surface area contributed by atoms with Crippen LogP contribution in [0.4, 0.5) is 0 Å². The standard InChI is InChI=1S/C15H18N2O3/c18-10-9-16-5-7-17(8-6-16)15(19)14-11-12-3-1-2-4-13(12)20-14/h1-4,11,18H,5-10H2. The van der Waals surface area contributed by atoms with Gasteiger partial charge in [-0.15, -0.1) is 0 Å². The number of hydrogen-bond acceptors (Lipinski definition) is 4. The first kappa shape index (κ1) is 13.1. The van der Waals surface area contributed by atoms with E-state index in [0.717, 1.165) is 24.1 Å². The van der Waals surface area contributed by atoms with E-state index in [1.807, 2.05) is 29.2 Å². The van der Waals surface area contributed by atoms with Gasteiger partial charge in [0, 0.05) is 38.1 Å². The Morgan fingerprint density at radius 1 is 1.20 bits per heavy atom. The second kappa shape index (κ2) is 5.64. The number of fused-ring (bicyclic) bond motifs is 1. The number of amides is 1. The van der Waals surface area contributed by atoms with Crippen LogP contribution in [-0.4, -0.2) is 60.1 Å². The van der Waals surface area contributed by atoms with E-state index < -0.39 is 0 Å². The van der Waals surface area contributed by atoms with Crippen molar-refractivity contribution in [3.05, 3.63) is 36.1 Å². The lowest BCUT2D eigenvalue weighted by atomic mass is 10.2. The smallest absolute Gasteiger partial charge is 0.289 e. The summed E-state index contributed by atoms with van der Waals surface area (Å²) >= 11 is 0. The summed E-state index contributed by atoms with van der Waals surface area (Å²) in [7, 11) is 0. The molecule has 1 aromatic heterocycles. The minimum absolute atomic E-state index is 0.0511. The zero-order chi connectivity index (χ0) is 13.9. The molecule has 1 aromatic carbocycles. The number of β-amino-alcohol motifs (C(OH)–C–C–N with tert-alkyl or cyclic N) is 1. The lowest BCUT2D eigenvalue weighted by Gasteiger charge is -2.33. The van der Waals surface area contributed by atoms with E-state index in [9.17, 15) is 4.79 Å². The Kier molecular flexibility index (Phi) is 3.71. The van der Waals surface area contributed by atoms with Crippen LogP contribution in [-0.2, 0) is 0 Å². The van der Waals surface area contributed by atoms with Crippen LogP contribution in [0.15, 0.2) is 34.7 Å². The van der Waals surface area contributed by atoms with Crippen LogP contribution in [0.3, 0.4) is 0 Å². The maximum atomic E-state index is 12.4. The van der Waals surface area contributed by atoms with Crippen LogP contribution >= 0.6 is 0 Å². The molecule has 1 N–H and O–H groups in total. The number of piperazine rings is 1. The number of benzene rings is 1. The van der Waals surface area contributed by atoms with Gasteiger partial charge >= 0.3 is 0 Å². The molecule has 1 aliphatic heterocycles. The van der Waals surface area contributed by atoms with E-state index in [2.05, 4.69) is 4.90 Å². The van der Waals surface area contributed by atoms with Gasteiger partial charge in [0.2, 0.25) is 0 Å². The van der Waals surface area contributed by atoms with Gasteiger partial charge in [-0.2, -0.15) is 0 Å². The van der Waals surface area contributed by atoms with E-state index in [-0.39, 0.29) is 12.5 Å². The quantitative estimate of drug-likeness (QED) is 0.913. The van der Waals surface area contributed by atoms with Gasteiger partial charge < -0.3 is 14.4 Å². The predicted molar refractivity (Wildman–Crippen MR) is 75.6 cm³/mol. The molecule has 2 heterocycles. The van der Waals surface area contributed by atoms with E-state index in [1.54, 1.807) is 6.07 Å². The molecular formula is C15H18N2O3. The molecule has 0 aliphatic carbocycles. The van der Waals surface area contributed by atoms with Crippen molar-refractivity contribution in [3.8, 4) is 0 Å². The summed E-state index contributed by atoms with van der Waals surface area (Å²) in [6, 6.07) is 9.44. The van der Waals surface area contributed by atoms with Crippen LogP contribution in [0.25, 0.3) is 11.0 Å². The zero-order valence-corrected chi connectivity index (χ0v) is 11.3. The van der Waals surface area contributed by atoms with Crippen molar-refractivity contribution in [1.82, 2.24) is 9.80 Å². The van der Waals surface area contributed by atoms with Crippen molar-refractivity contribution in [2.45, 2.75) is 0 Å². The number of aliphatic hydroxyl groups excluding tert-OH is 1. The molecule has 5 nitrogen and oxygen atoms in total. The third-order valence-corrected chi connectivity index (χ3v) is 3.71. The van der Waals surface area contributed by atoms with Crippen LogP contribution in [0, 0.1) is 0 Å². The fourth-order valence-corrected chi connectivity index (χ4v) is 2.56. The summed E-state index contributed by atoms with van der Waals surface area (Å²) in [4.78, 5) is 16.4. The Labute approximate surface area is 117 Å². The molecule has 0 unspecified atom stereocenters. The van der Waals surface area contributed by atoms with E-state index in [1.165, 1.54) is 0 Å². The minimum atomic E-state index is -0.0511. The monoisotopic (exact) mass is 274 g/mol. The molecule has 0 atom stereocenters. The fourth-order valence-electron chi connectivity index (χ4n) is 2.56. The molecule has 5 heteroatoms. The highest BCUT2D eigenvalue weighted by atomic mass is 16.3. The zero-order valence-electron chi connectivity index (χ0n) is 11.3. The molecule has 0 saturated carbocycles. The van der Waals surface area contributed by atoms with Gasteiger partial charge in [-0.05, 0) is 12.1 Å². The van der Waals surface area contributed by atoms with Gasteiger partial charge in [0.05, 0.1) is 6.61 Å². The maximum absolute atomic E-state index is 12.4. The topological polar surface area (TPSA) is 56.9 Å². The Bertz CT molecular complexity index is 567. The molecule has 1 fully saturated rings.